The highest BCUT2D eigenvalue weighted by atomic mass is 16.3. The number of hydrogen-bond acceptors (Lipinski definition) is 1. The molecule has 0 saturated heterocycles. The van der Waals surface area contributed by atoms with E-state index < -0.39 is 0 Å². The third-order valence-corrected chi connectivity index (χ3v) is 2.74. The van der Waals surface area contributed by atoms with Crippen LogP contribution < -0.4 is 0 Å². The SMILES string of the molecule is CCCc1cccc(C(C)C(C)O)c1. The largest absolute Gasteiger partial charge is 0.393 e. The molecule has 1 aromatic carbocycles. The van der Waals surface area contributed by atoms with E-state index in [1.807, 2.05) is 6.92 Å². The molecule has 1 N–H and O–H groups in total. The third kappa shape index (κ3) is 2.85. The van der Waals surface area contributed by atoms with E-state index in [0.29, 0.717) is 0 Å². The monoisotopic (exact) mass is 192 g/mol. The number of aliphatic hydroxyl groups is 1. The van der Waals surface area contributed by atoms with Gasteiger partial charge in [-0.3, -0.25) is 0 Å². The number of aryl methyl sites for hydroxylation is 1. The minimum absolute atomic E-state index is 0.229. The lowest BCUT2D eigenvalue weighted by atomic mass is 9.94. The molecule has 1 rings (SSSR count). The van der Waals surface area contributed by atoms with Crippen LogP contribution in [-0.2, 0) is 6.42 Å². The second kappa shape index (κ2) is 5.16. The zero-order valence-corrected chi connectivity index (χ0v) is 9.33. The van der Waals surface area contributed by atoms with Crippen molar-refractivity contribution >= 4 is 0 Å². The predicted molar refractivity (Wildman–Crippen MR) is 60.5 cm³/mol. The van der Waals surface area contributed by atoms with E-state index in [-0.39, 0.29) is 12.0 Å². The van der Waals surface area contributed by atoms with Gasteiger partial charge in [0.15, 0.2) is 0 Å². The smallest absolute Gasteiger partial charge is 0.0577 e. The van der Waals surface area contributed by atoms with Gasteiger partial charge in [0.25, 0.3) is 0 Å². The summed E-state index contributed by atoms with van der Waals surface area (Å²) in [5, 5.41) is 9.50. The van der Waals surface area contributed by atoms with E-state index in [4.69, 9.17) is 0 Å². The minimum atomic E-state index is -0.271. The Bertz CT molecular complexity index is 278. The van der Waals surface area contributed by atoms with Crippen molar-refractivity contribution in [3.05, 3.63) is 35.4 Å². The number of benzene rings is 1. The lowest BCUT2D eigenvalue weighted by Gasteiger charge is -2.15. The first kappa shape index (κ1) is 11.3. The lowest BCUT2D eigenvalue weighted by molar-refractivity contribution is 0.169. The summed E-state index contributed by atoms with van der Waals surface area (Å²) in [6.07, 6.45) is 2.03. The Kier molecular flexibility index (Phi) is 4.15. The highest BCUT2D eigenvalue weighted by molar-refractivity contribution is 5.26. The van der Waals surface area contributed by atoms with Crippen molar-refractivity contribution in [2.45, 2.75) is 45.6 Å². The van der Waals surface area contributed by atoms with Crippen molar-refractivity contribution in [1.82, 2.24) is 0 Å². The molecule has 1 aromatic rings. The Hall–Kier alpha value is -0.820. The molecule has 1 nitrogen and oxygen atoms in total. The average molecular weight is 192 g/mol. The Balaban J connectivity index is 2.82. The molecule has 0 aliphatic rings. The van der Waals surface area contributed by atoms with Gasteiger partial charge < -0.3 is 5.11 Å². The molecule has 0 spiro atoms. The molecule has 0 radical (unpaired) electrons. The molecule has 0 amide bonds. The van der Waals surface area contributed by atoms with E-state index in [2.05, 4.69) is 38.1 Å². The van der Waals surface area contributed by atoms with Gasteiger partial charge in [-0.1, -0.05) is 44.5 Å². The summed E-state index contributed by atoms with van der Waals surface area (Å²) in [5.74, 6) is 0.229. The first-order valence-corrected chi connectivity index (χ1v) is 5.42. The molecule has 0 bridgehead atoms. The van der Waals surface area contributed by atoms with Gasteiger partial charge in [0.2, 0.25) is 0 Å². The van der Waals surface area contributed by atoms with Gasteiger partial charge >= 0.3 is 0 Å². The van der Waals surface area contributed by atoms with Crippen molar-refractivity contribution < 1.29 is 5.11 Å². The van der Waals surface area contributed by atoms with Gasteiger partial charge in [-0.05, 0) is 24.5 Å². The molecule has 14 heavy (non-hydrogen) atoms. The molecule has 0 heterocycles. The molecule has 0 aromatic heterocycles. The summed E-state index contributed by atoms with van der Waals surface area (Å²) in [7, 11) is 0. The molecule has 0 aliphatic carbocycles. The van der Waals surface area contributed by atoms with Crippen LogP contribution >= 0.6 is 0 Å². The van der Waals surface area contributed by atoms with Crippen molar-refractivity contribution in [3.8, 4) is 0 Å². The molecule has 0 fully saturated rings. The van der Waals surface area contributed by atoms with Gasteiger partial charge in [0.1, 0.15) is 0 Å². The van der Waals surface area contributed by atoms with Crippen LogP contribution in [0.25, 0.3) is 0 Å². The standard InChI is InChI=1S/C13H20O/c1-4-6-12-7-5-8-13(9-12)10(2)11(3)14/h5,7-11,14H,4,6H2,1-3H3. The highest BCUT2D eigenvalue weighted by Crippen LogP contribution is 2.20. The Morgan fingerprint density at radius 3 is 2.57 bits per heavy atom. The zero-order valence-electron chi connectivity index (χ0n) is 9.33. The predicted octanol–water partition coefficient (Wildman–Crippen LogP) is 3.12. The maximum atomic E-state index is 9.50. The van der Waals surface area contributed by atoms with Crippen LogP contribution in [0.1, 0.15) is 44.2 Å². The van der Waals surface area contributed by atoms with Gasteiger partial charge in [-0.2, -0.15) is 0 Å². The first-order valence-electron chi connectivity index (χ1n) is 5.42. The normalized spacial score (nSPS) is 15.1. The van der Waals surface area contributed by atoms with E-state index in [9.17, 15) is 5.11 Å². The highest BCUT2D eigenvalue weighted by Gasteiger charge is 2.11. The molecular weight excluding hydrogens is 172 g/mol. The topological polar surface area (TPSA) is 20.2 Å². The molecule has 2 atom stereocenters. The van der Waals surface area contributed by atoms with Crippen molar-refractivity contribution in [1.29, 1.82) is 0 Å². The number of aliphatic hydroxyl groups excluding tert-OH is 1. The number of hydrogen-bond donors (Lipinski definition) is 1. The quantitative estimate of drug-likeness (QED) is 0.777. The molecule has 2 unspecified atom stereocenters. The second-order valence-corrected chi connectivity index (χ2v) is 4.02. The third-order valence-electron chi connectivity index (χ3n) is 2.74. The summed E-state index contributed by atoms with van der Waals surface area (Å²) >= 11 is 0. The summed E-state index contributed by atoms with van der Waals surface area (Å²) in [6, 6.07) is 8.54. The Morgan fingerprint density at radius 1 is 1.29 bits per heavy atom. The van der Waals surface area contributed by atoms with Gasteiger partial charge in [0, 0.05) is 5.92 Å². The maximum Gasteiger partial charge on any atom is 0.0577 e. The van der Waals surface area contributed by atoms with Crippen molar-refractivity contribution in [2.24, 2.45) is 0 Å². The summed E-state index contributed by atoms with van der Waals surface area (Å²) in [5.41, 5.74) is 2.61. The van der Waals surface area contributed by atoms with E-state index in [1.165, 1.54) is 17.5 Å². The fraction of sp³-hybridized carbons (Fsp3) is 0.538. The minimum Gasteiger partial charge on any atom is -0.393 e. The van der Waals surface area contributed by atoms with Crippen LogP contribution in [-0.4, -0.2) is 11.2 Å². The fourth-order valence-corrected chi connectivity index (χ4v) is 1.60. The summed E-state index contributed by atoms with van der Waals surface area (Å²) < 4.78 is 0. The Labute approximate surface area is 86.8 Å². The van der Waals surface area contributed by atoms with E-state index in [0.717, 1.165) is 6.42 Å². The van der Waals surface area contributed by atoms with Gasteiger partial charge in [-0.25, -0.2) is 0 Å². The average Bonchev–Trinajstić information content (AvgIpc) is 2.17. The first-order chi connectivity index (χ1) is 6.65. The van der Waals surface area contributed by atoms with Crippen LogP contribution in [0.2, 0.25) is 0 Å². The molecule has 1 heteroatoms. The summed E-state index contributed by atoms with van der Waals surface area (Å²) in [6.45, 7) is 6.09. The summed E-state index contributed by atoms with van der Waals surface area (Å²) in [4.78, 5) is 0. The van der Waals surface area contributed by atoms with Crippen molar-refractivity contribution in [2.75, 3.05) is 0 Å². The van der Waals surface area contributed by atoms with Gasteiger partial charge in [0.05, 0.1) is 6.10 Å². The zero-order chi connectivity index (χ0) is 10.6. The van der Waals surface area contributed by atoms with E-state index >= 15 is 0 Å². The molecular formula is C13H20O. The van der Waals surface area contributed by atoms with Crippen LogP contribution in [0.4, 0.5) is 0 Å². The Morgan fingerprint density at radius 2 is 2.00 bits per heavy atom. The van der Waals surface area contributed by atoms with E-state index in [1.54, 1.807) is 0 Å². The molecule has 0 aliphatic heterocycles. The number of rotatable bonds is 4. The molecule has 0 saturated carbocycles. The lowest BCUT2D eigenvalue weighted by Crippen LogP contribution is -2.11. The van der Waals surface area contributed by atoms with Crippen LogP contribution in [0.5, 0.6) is 0 Å². The van der Waals surface area contributed by atoms with Crippen LogP contribution in [0, 0.1) is 0 Å². The van der Waals surface area contributed by atoms with Crippen LogP contribution in [0.3, 0.4) is 0 Å². The van der Waals surface area contributed by atoms with Crippen LogP contribution in [0.15, 0.2) is 24.3 Å². The van der Waals surface area contributed by atoms with Gasteiger partial charge in [-0.15, -0.1) is 0 Å². The van der Waals surface area contributed by atoms with Crippen molar-refractivity contribution in [3.63, 3.8) is 0 Å². The second-order valence-electron chi connectivity index (χ2n) is 4.02. The fourth-order valence-electron chi connectivity index (χ4n) is 1.60. The molecule has 78 valence electrons. The maximum absolute atomic E-state index is 9.50.